The van der Waals surface area contributed by atoms with Crippen LogP contribution in [0, 0.1) is 11.7 Å². The minimum Gasteiger partial charge on any atom is -0.488 e. The number of nitrogens with zero attached hydrogens (tertiary/aromatic N) is 3. The number of hydrogen-bond donors (Lipinski definition) is 3. The molecule has 0 unspecified atom stereocenters. The number of benzene rings is 2. The van der Waals surface area contributed by atoms with Crippen molar-refractivity contribution < 1.29 is 33.4 Å². The molecular weight excluding hydrogens is 557 g/mol. The van der Waals surface area contributed by atoms with Crippen molar-refractivity contribution >= 4 is 29.2 Å². The summed E-state index contributed by atoms with van der Waals surface area (Å²) in [4.78, 5) is 44.4. The summed E-state index contributed by atoms with van der Waals surface area (Å²) in [5.41, 5.74) is 1.62. The van der Waals surface area contributed by atoms with Gasteiger partial charge in [0, 0.05) is 62.5 Å². The number of nitrogens with one attached hydrogen (secondary N) is 2. The maximum Gasteiger partial charge on any atom is 0.321 e. The number of morpholine rings is 1. The molecule has 2 heterocycles. The first-order chi connectivity index (χ1) is 20.6. The topological polar surface area (TPSA) is 124 Å². The fourth-order valence-corrected chi connectivity index (χ4v) is 5.14. The van der Waals surface area contributed by atoms with Crippen LogP contribution in [0.4, 0.5) is 20.6 Å². The van der Waals surface area contributed by atoms with Crippen molar-refractivity contribution in [3.05, 3.63) is 53.8 Å². The third-order valence-corrected chi connectivity index (χ3v) is 7.86. The van der Waals surface area contributed by atoms with Crippen LogP contribution in [0.15, 0.2) is 42.5 Å². The highest BCUT2D eigenvalue weighted by Gasteiger charge is 2.32. The number of rotatable bonds is 9. The highest BCUT2D eigenvalue weighted by molar-refractivity contribution is 5.91. The predicted molar refractivity (Wildman–Crippen MR) is 161 cm³/mol. The van der Waals surface area contributed by atoms with E-state index in [0.29, 0.717) is 55.4 Å². The molecule has 1 saturated heterocycles. The molecule has 0 saturated carbocycles. The third kappa shape index (κ3) is 9.12. The van der Waals surface area contributed by atoms with Crippen molar-refractivity contribution in [2.75, 3.05) is 70.2 Å². The number of aliphatic hydroxyl groups excluding tert-OH is 1. The third-order valence-electron chi connectivity index (χ3n) is 7.86. The molecule has 0 bridgehead atoms. The standard InChI is InChI=1S/C31H42FN5O6/c1-21-18-37(22(2)20-38)30(40)17-23-16-26(33-29(39)10-11-36-12-14-42-15-13-36)8-9-27(23)43-28(21)19-35(3)31(41)34-25-6-4-24(32)5-7-25/h4-9,16,21-22,28,38H,10-15,17-20H2,1-3H3,(H,33,39)(H,34,41)/t21-,22+,28+/m0/s1. The summed E-state index contributed by atoms with van der Waals surface area (Å²) < 4.78 is 25.1. The number of ether oxygens (including phenoxy) is 2. The van der Waals surface area contributed by atoms with E-state index in [2.05, 4.69) is 15.5 Å². The predicted octanol–water partition coefficient (Wildman–Crippen LogP) is 2.80. The van der Waals surface area contributed by atoms with Crippen LogP contribution in [-0.2, 0) is 20.7 Å². The lowest BCUT2D eigenvalue weighted by Crippen LogP contribution is -2.48. The molecule has 2 aliphatic heterocycles. The summed E-state index contributed by atoms with van der Waals surface area (Å²) in [5, 5.41) is 15.6. The van der Waals surface area contributed by atoms with Gasteiger partial charge in [-0.25, -0.2) is 9.18 Å². The molecule has 0 aliphatic carbocycles. The lowest BCUT2D eigenvalue weighted by Gasteiger charge is -2.34. The lowest BCUT2D eigenvalue weighted by molar-refractivity contribution is -0.134. The molecule has 1 fully saturated rings. The minimum atomic E-state index is -0.504. The summed E-state index contributed by atoms with van der Waals surface area (Å²) in [6.45, 7) is 7.62. The Bertz CT molecular complexity index is 1260. The van der Waals surface area contributed by atoms with Gasteiger partial charge in [0.15, 0.2) is 0 Å². The first kappa shape index (κ1) is 32.2. The molecule has 0 spiro atoms. The summed E-state index contributed by atoms with van der Waals surface area (Å²) in [5.74, 6) is -0.411. The molecule has 11 nitrogen and oxygen atoms in total. The van der Waals surface area contributed by atoms with Crippen LogP contribution in [0.3, 0.4) is 0 Å². The van der Waals surface area contributed by atoms with Crippen molar-refractivity contribution in [1.82, 2.24) is 14.7 Å². The van der Waals surface area contributed by atoms with E-state index in [9.17, 15) is 23.9 Å². The quantitative estimate of drug-likeness (QED) is 0.405. The van der Waals surface area contributed by atoms with Crippen molar-refractivity contribution in [2.24, 2.45) is 5.92 Å². The normalized spacial score (nSPS) is 20.1. The summed E-state index contributed by atoms with van der Waals surface area (Å²) in [7, 11) is 1.64. The highest BCUT2D eigenvalue weighted by atomic mass is 19.1. The molecule has 4 rings (SSSR count). The van der Waals surface area contributed by atoms with Gasteiger partial charge in [0.05, 0.1) is 38.8 Å². The van der Waals surface area contributed by atoms with Crippen molar-refractivity contribution in [3.63, 3.8) is 0 Å². The number of urea groups is 1. The Kier molecular flexibility index (Phi) is 11.3. The van der Waals surface area contributed by atoms with Gasteiger partial charge in [0.25, 0.3) is 0 Å². The fourth-order valence-electron chi connectivity index (χ4n) is 5.14. The Morgan fingerprint density at radius 3 is 2.51 bits per heavy atom. The smallest absolute Gasteiger partial charge is 0.321 e. The maximum absolute atomic E-state index is 13.5. The van der Waals surface area contributed by atoms with E-state index in [1.54, 1.807) is 37.1 Å². The van der Waals surface area contributed by atoms with Crippen LogP contribution in [0.2, 0.25) is 0 Å². The minimum absolute atomic E-state index is 0.0253. The van der Waals surface area contributed by atoms with Gasteiger partial charge >= 0.3 is 6.03 Å². The fraction of sp³-hybridized carbons (Fsp3) is 0.516. The molecule has 0 radical (unpaired) electrons. The maximum atomic E-state index is 13.5. The van der Waals surface area contributed by atoms with E-state index in [1.807, 2.05) is 6.92 Å². The zero-order valence-electron chi connectivity index (χ0n) is 25.1. The van der Waals surface area contributed by atoms with Gasteiger partial charge in [-0.3, -0.25) is 14.5 Å². The number of hydrogen-bond acceptors (Lipinski definition) is 7. The summed E-state index contributed by atoms with van der Waals surface area (Å²) in [6, 6.07) is 9.92. The monoisotopic (exact) mass is 599 g/mol. The zero-order valence-corrected chi connectivity index (χ0v) is 25.1. The molecule has 2 aromatic rings. The second-order valence-electron chi connectivity index (χ2n) is 11.3. The van der Waals surface area contributed by atoms with Crippen molar-refractivity contribution in [2.45, 2.75) is 38.8 Å². The molecule has 234 valence electrons. The number of likely N-dealkylation sites (N-methyl/N-ethyl adjacent to an activating group) is 1. The van der Waals surface area contributed by atoms with E-state index >= 15 is 0 Å². The second kappa shape index (κ2) is 15.1. The summed E-state index contributed by atoms with van der Waals surface area (Å²) >= 11 is 0. The van der Waals surface area contributed by atoms with Gasteiger partial charge in [-0.15, -0.1) is 0 Å². The zero-order chi connectivity index (χ0) is 30.9. The molecule has 3 N–H and O–H groups in total. The van der Waals surface area contributed by atoms with Crippen LogP contribution in [-0.4, -0.2) is 109 Å². The van der Waals surface area contributed by atoms with E-state index in [-0.39, 0.29) is 37.3 Å². The van der Waals surface area contributed by atoms with Crippen molar-refractivity contribution in [3.8, 4) is 5.75 Å². The van der Waals surface area contributed by atoms with E-state index in [4.69, 9.17) is 9.47 Å². The Hall–Kier alpha value is -3.74. The van der Waals surface area contributed by atoms with E-state index in [1.165, 1.54) is 29.2 Å². The van der Waals surface area contributed by atoms with E-state index < -0.39 is 24.0 Å². The van der Waals surface area contributed by atoms with Gasteiger partial charge in [-0.05, 0) is 49.4 Å². The number of halogens is 1. The number of carbonyl (C=O) groups excluding carboxylic acids is 3. The first-order valence-corrected chi connectivity index (χ1v) is 14.7. The molecule has 12 heteroatoms. The number of carbonyl (C=O) groups is 3. The van der Waals surface area contributed by atoms with E-state index in [0.717, 1.165) is 13.1 Å². The number of anilines is 2. The first-order valence-electron chi connectivity index (χ1n) is 14.7. The SMILES string of the molecule is C[C@H](CO)N1C[C@H](C)[C@@H](CN(C)C(=O)Nc2ccc(F)cc2)Oc2ccc(NC(=O)CCN3CCOCC3)cc2CC1=O. The molecule has 2 aromatic carbocycles. The average molecular weight is 600 g/mol. The van der Waals surface area contributed by atoms with Crippen LogP contribution < -0.4 is 15.4 Å². The molecule has 43 heavy (non-hydrogen) atoms. The Balaban J connectivity index is 1.50. The number of aliphatic hydroxyl groups is 1. The summed E-state index contributed by atoms with van der Waals surface area (Å²) in [6.07, 6.45) is -0.145. The lowest BCUT2D eigenvalue weighted by atomic mass is 10.0. The Labute approximate surface area is 251 Å². The molecular formula is C31H42FN5O6. The highest BCUT2D eigenvalue weighted by Crippen LogP contribution is 2.29. The Morgan fingerprint density at radius 1 is 1.12 bits per heavy atom. The molecule has 2 aliphatic rings. The van der Waals surface area contributed by atoms with Crippen LogP contribution in [0.5, 0.6) is 5.75 Å². The number of amides is 4. The number of fused-ring (bicyclic) bond motifs is 1. The second-order valence-corrected chi connectivity index (χ2v) is 11.3. The van der Waals surface area contributed by atoms with Gasteiger partial charge in [-0.1, -0.05) is 6.92 Å². The van der Waals surface area contributed by atoms with Gasteiger partial charge in [0.1, 0.15) is 17.7 Å². The largest absolute Gasteiger partial charge is 0.488 e. The van der Waals surface area contributed by atoms with Crippen LogP contribution in [0.25, 0.3) is 0 Å². The van der Waals surface area contributed by atoms with Crippen molar-refractivity contribution in [1.29, 1.82) is 0 Å². The average Bonchev–Trinajstić information content (AvgIpc) is 3.04. The molecule has 0 aromatic heterocycles. The molecule has 3 atom stereocenters. The van der Waals surface area contributed by atoms with Gasteiger partial charge in [0.2, 0.25) is 11.8 Å². The Morgan fingerprint density at radius 2 is 1.81 bits per heavy atom. The van der Waals surface area contributed by atoms with Gasteiger partial charge < -0.3 is 35.0 Å². The van der Waals surface area contributed by atoms with Crippen LogP contribution >= 0.6 is 0 Å². The van der Waals surface area contributed by atoms with Crippen LogP contribution in [0.1, 0.15) is 25.8 Å². The van der Waals surface area contributed by atoms with Gasteiger partial charge in [-0.2, -0.15) is 0 Å². The molecule has 4 amide bonds.